The fraction of sp³-hybridized carbons (Fsp3) is 0.353. The molecule has 7 heteroatoms. The summed E-state index contributed by atoms with van der Waals surface area (Å²) in [7, 11) is 1.62. The van der Waals surface area contributed by atoms with Gasteiger partial charge in [-0.05, 0) is 26.0 Å². The fourth-order valence-corrected chi connectivity index (χ4v) is 2.67. The number of fused-ring (bicyclic) bond motifs is 1. The van der Waals surface area contributed by atoms with Gasteiger partial charge in [0.1, 0.15) is 17.1 Å². The van der Waals surface area contributed by atoms with E-state index in [9.17, 15) is 4.79 Å². The van der Waals surface area contributed by atoms with Gasteiger partial charge in [0.25, 0.3) is 0 Å². The number of carboxylic acids is 1. The van der Waals surface area contributed by atoms with Crippen LogP contribution < -0.4 is 14.4 Å². The Morgan fingerprint density at radius 1 is 1.33 bits per heavy atom. The average molecular weight is 329 g/mol. The first kappa shape index (κ1) is 16.0. The van der Waals surface area contributed by atoms with E-state index < -0.39 is 11.6 Å². The zero-order valence-corrected chi connectivity index (χ0v) is 13.8. The normalized spacial score (nSPS) is 15.9. The van der Waals surface area contributed by atoms with E-state index in [2.05, 4.69) is 9.97 Å². The monoisotopic (exact) mass is 329 g/mol. The van der Waals surface area contributed by atoms with Crippen molar-refractivity contribution in [1.29, 1.82) is 0 Å². The zero-order valence-electron chi connectivity index (χ0n) is 13.8. The Labute approximate surface area is 139 Å². The van der Waals surface area contributed by atoms with Crippen LogP contribution in [0.1, 0.15) is 29.8 Å². The Bertz CT molecular complexity index is 759. The molecule has 1 N–H and O–H groups in total. The summed E-state index contributed by atoms with van der Waals surface area (Å²) in [6, 6.07) is 5.70. The quantitative estimate of drug-likeness (QED) is 0.925. The lowest BCUT2D eigenvalue weighted by Gasteiger charge is -2.29. The van der Waals surface area contributed by atoms with Crippen LogP contribution in [0.4, 0.5) is 5.95 Å². The summed E-state index contributed by atoms with van der Waals surface area (Å²) in [5.41, 5.74) is 0.591. The number of nitrogens with zero attached hydrogens (tertiary/aromatic N) is 3. The van der Waals surface area contributed by atoms with Crippen LogP contribution in [-0.2, 0) is 6.54 Å². The maximum Gasteiger partial charge on any atom is 0.338 e. The van der Waals surface area contributed by atoms with Gasteiger partial charge < -0.3 is 19.5 Å². The van der Waals surface area contributed by atoms with Crippen LogP contribution in [0.2, 0.25) is 0 Å². The molecule has 0 saturated carbocycles. The lowest BCUT2D eigenvalue weighted by molar-refractivity contribution is 0.0695. The van der Waals surface area contributed by atoms with Crippen molar-refractivity contribution >= 4 is 11.9 Å². The van der Waals surface area contributed by atoms with E-state index in [-0.39, 0.29) is 5.56 Å². The molecule has 0 aliphatic carbocycles. The van der Waals surface area contributed by atoms with Crippen LogP contribution in [0.5, 0.6) is 11.5 Å². The molecule has 1 aliphatic heterocycles. The van der Waals surface area contributed by atoms with E-state index in [1.54, 1.807) is 7.11 Å². The SMILES string of the molecule is COc1ccc2c(c1)OC(C)(C)CN(c1ncc(C(=O)O)cn1)C2. The topological polar surface area (TPSA) is 84.8 Å². The standard InChI is InChI=1S/C17H19N3O4/c1-17(2)10-20(16-18-7-12(8-19-16)15(21)22)9-11-4-5-13(23-3)6-14(11)24-17/h4-8H,9-10H2,1-3H3,(H,21,22). The highest BCUT2D eigenvalue weighted by Crippen LogP contribution is 2.33. The number of methoxy groups -OCH3 is 1. The van der Waals surface area contributed by atoms with Crippen molar-refractivity contribution in [3.8, 4) is 11.5 Å². The number of carbonyl (C=O) groups is 1. The van der Waals surface area contributed by atoms with Crippen molar-refractivity contribution in [2.75, 3.05) is 18.6 Å². The van der Waals surface area contributed by atoms with E-state index in [1.807, 2.05) is 36.9 Å². The molecule has 2 heterocycles. The van der Waals surface area contributed by atoms with Crippen molar-refractivity contribution in [2.45, 2.75) is 26.0 Å². The third-order valence-electron chi connectivity index (χ3n) is 3.76. The first-order chi connectivity index (χ1) is 11.4. The number of hydrogen-bond acceptors (Lipinski definition) is 6. The Balaban J connectivity index is 1.95. The molecule has 1 aromatic carbocycles. The van der Waals surface area contributed by atoms with Gasteiger partial charge in [-0.15, -0.1) is 0 Å². The maximum absolute atomic E-state index is 10.9. The van der Waals surface area contributed by atoms with E-state index in [0.29, 0.717) is 19.0 Å². The molecule has 0 radical (unpaired) electrons. The van der Waals surface area contributed by atoms with E-state index in [0.717, 1.165) is 17.1 Å². The number of aromatic nitrogens is 2. The van der Waals surface area contributed by atoms with Gasteiger partial charge >= 0.3 is 5.97 Å². The smallest absolute Gasteiger partial charge is 0.338 e. The molecule has 0 unspecified atom stereocenters. The molecule has 1 aromatic heterocycles. The number of carboxylic acid groups (broad SMARTS) is 1. The second-order valence-electron chi connectivity index (χ2n) is 6.27. The largest absolute Gasteiger partial charge is 0.497 e. The van der Waals surface area contributed by atoms with Crippen LogP contribution in [0.3, 0.4) is 0 Å². The van der Waals surface area contributed by atoms with Gasteiger partial charge in [0.2, 0.25) is 5.95 Å². The fourth-order valence-electron chi connectivity index (χ4n) is 2.67. The molecule has 24 heavy (non-hydrogen) atoms. The molecule has 0 amide bonds. The van der Waals surface area contributed by atoms with Gasteiger partial charge in [0.15, 0.2) is 0 Å². The van der Waals surface area contributed by atoms with Crippen LogP contribution in [0.15, 0.2) is 30.6 Å². The lowest BCUT2D eigenvalue weighted by atomic mass is 10.1. The number of benzene rings is 1. The highest BCUT2D eigenvalue weighted by molar-refractivity contribution is 5.86. The van der Waals surface area contributed by atoms with Gasteiger partial charge in [0, 0.05) is 30.6 Å². The summed E-state index contributed by atoms with van der Waals surface area (Å²) in [6.45, 7) is 5.10. The first-order valence-electron chi connectivity index (χ1n) is 7.54. The van der Waals surface area contributed by atoms with Crippen LogP contribution >= 0.6 is 0 Å². The van der Waals surface area contributed by atoms with Gasteiger partial charge in [0.05, 0.1) is 19.2 Å². The third-order valence-corrected chi connectivity index (χ3v) is 3.76. The summed E-state index contributed by atoms with van der Waals surface area (Å²) in [6.07, 6.45) is 2.64. The third kappa shape index (κ3) is 3.24. The van der Waals surface area contributed by atoms with Gasteiger partial charge in [-0.3, -0.25) is 0 Å². The number of ether oxygens (including phenoxy) is 2. The Morgan fingerprint density at radius 2 is 2.04 bits per heavy atom. The molecule has 7 nitrogen and oxygen atoms in total. The number of hydrogen-bond donors (Lipinski definition) is 1. The summed E-state index contributed by atoms with van der Waals surface area (Å²) < 4.78 is 11.4. The number of aromatic carboxylic acids is 1. The van der Waals surface area contributed by atoms with Crippen molar-refractivity contribution in [3.05, 3.63) is 41.7 Å². The minimum absolute atomic E-state index is 0.0641. The highest BCUT2D eigenvalue weighted by Gasteiger charge is 2.30. The van der Waals surface area contributed by atoms with E-state index in [1.165, 1.54) is 12.4 Å². The van der Waals surface area contributed by atoms with Crippen LogP contribution in [0, 0.1) is 0 Å². The molecule has 2 aromatic rings. The first-order valence-corrected chi connectivity index (χ1v) is 7.54. The van der Waals surface area contributed by atoms with Crippen LogP contribution in [-0.4, -0.2) is 40.3 Å². The Kier molecular flexibility index (Phi) is 4.01. The van der Waals surface area contributed by atoms with Gasteiger partial charge in [-0.2, -0.15) is 0 Å². The number of rotatable bonds is 3. The van der Waals surface area contributed by atoms with Crippen molar-refractivity contribution < 1.29 is 19.4 Å². The highest BCUT2D eigenvalue weighted by atomic mass is 16.5. The predicted octanol–water partition coefficient (Wildman–Crippen LogP) is 2.36. The second kappa shape index (κ2) is 5.99. The zero-order chi connectivity index (χ0) is 17.3. The van der Waals surface area contributed by atoms with Crippen molar-refractivity contribution in [2.24, 2.45) is 0 Å². The molecule has 1 aliphatic rings. The summed E-state index contributed by atoms with van der Waals surface area (Å²) in [5.74, 6) is 0.933. The van der Waals surface area contributed by atoms with Gasteiger partial charge in [-0.25, -0.2) is 14.8 Å². The summed E-state index contributed by atoms with van der Waals surface area (Å²) in [4.78, 5) is 21.3. The van der Waals surface area contributed by atoms with Gasteiger partial charge in [-0.1, -0.05) is 0 Å². The molecule has 3 rings (SSSR count). The molecule has 0 saturated heterocycles. The molecule has 0 bridgehead atoms. The molecule has 126 valence electrons. The predicted molar refractivity (Wildman–Crippen MR) is 87.7 cm³/mol. The molecule has 0 fully saturated rings. The minimum Gasteiger partial charge on any atom is -0.497 e. The number of anilines is 1. The second-order valence-corrected chi connectivity index (χ2v) is 6.27. The van der Waals surface area contributed by atoms with Crippen LogP contribution in [0.25, 0.3) is 0 Å². The molecular formula is C17H19N3O4. The minimum atomic E-state index is -1.04. The average Bonchev–Trinajstić information content (AvgIpc) is 2.68. The van der Waals surface area contributed by atoms with Crippen molar-refractivity contribution in [3.63, 3.8) is 0 Å². The molecule has 0 spiro atoms. The molecular weight excluding hydrogens is 310 g/mol. The van der Waals surface area contributed by atoms with E-state index in [4.69, 9.17) is 14.6 Å². The lowest BCUT2D eigenvalue weighted by Crippen LogP contribution is -2.41. The Morgan fingerprint density at radius 3 is 2.67 bits per heavy atom. The Hall–Kier alpha value is -2.83. The summed E-state index contributed by atoms with van der Waals surface area (Å²) in [5, 5.41) is 8.97. The maximum atomic E-state index is 10.9. The van der Waals surface area contributed by atoms with Crippen molar-refractivity contribution in [1.82, 2.24) is 9.97 Å². The molecule has 0 atom stereocenters. The van der Waals surface area contributed by atoms with E-state index >= 15 is 0 Å². The summed E-state index contributed by atoms with van der Waals surface area (Å²) >= 11 is 0.